The minimum atomic E-state index is -0.900. The maximum absolute atomic E-state index is 9.87. The molecule has 0 heterocycles. The van der Waals surface area contributed by atoms with E-state index in [1.165, 1.54) is 0 Å². The van der Waals surface area contributed by atoms with E-state index < -0.39 is 12.1 Å². The predicted molar refractivity (Wildman–Crippen MR) is 31.9 cm³/mol. The van der Waals surface area contributed by atoms with Crippen LogP contribution in [0.25, 0.3) is 0 Å². The van der Waals surface area contributed by atoms with Gasteiger partial charge < -0.3 is 15.9 Å². The molecule has 0 radical (unpaired) electrons. The average Bonchev–Trinajstić information content (AvgIpc) is 1.83. The third-order valence-electron chi connectivity index (χ3n) is 0.964. The monoisotopic (exact) mass is 133 g/mol. The van der Waals surface area contributed by atoms with Crippen molar-refractivity contribution >= 4 is 5.97 Å². The van der Waals surface area contributed by atoms with Crippen LogP contribution >= 0.6 is 0 Å². The van der Waals surface area contributed by atoms with Gasteiger partial charge in [-0.2, -0.15) is 0 Å². The Morgan fingerprint density at radius 3 is 2.56 bits per heavy atom. The summed E-state index contributed by atoms with van der Waals surface area (Å²) in [6.07, 6.45) is -0.439. The molecule has 0 saturated carbocycles. The van der Waals surface area contributed by atoms with Crippen LogP contribution in [-0.2, 0) is 4.79 Å². The maximum Gasteiger partial charge on any atom is 0.303 e. The largest absolute Gasteiger partial charge is 0.481 e. The van der Waals surface area contributed by atoms with Crippen LogP contribution < -0.4 is 5.73 Å². The van der Waals surface area contributed by atoms with E-state index in [4.69, 9.17) is 15.9 Å². The van der Waals surface area contributed by atoms with Crippen molar-refractivity contribution in [3.8, 4) is 0 Å². The van der Waals surface area contributed by atoms with Crippen LogP contribution in [0.3, 0.4) is 0 Å². The Bertz CT molecular complexity index is 94.2. The molecule has 0 aromatic rings. The lowest BCUT2D eigenvalue weighted by Gasteiger charge is -2.02. The summed E-state index contributed by atoms with van der Waals surface area (Å²) in [6, 6.07) is 0. The van der Waals surface area contributed by atoms with E-state index in [0.29, 0.717) is 0 Å². The second kappa shape index (κ2) is 4.29. The number of nitrogens with two attached hydrogens (primary N) is 1. The fraction of sp³-hybridized carbons (Fsp3) is 0.800. The van der Waals surface area contributed by atoms with Crippen molar-refractivity contribution in [2.45, 2.75) is 18.9 Å². The number of carboxylic acids is 1. The molecule has 4 nitrogen and oxygen atoms in total. The standard InChI is InChI=1S/C5H11NO3/c6-3-4(7)1-2-5(8)9/h4,7H,1-3,6H2,(H,8,9). The highest BCUT2D eigenvalue weighted by Gasteiger charge is 2.03. The van der Waals surface area contributed by atoms with E-state index in [0.717, 1.165) is 0 Å². The van der Waals surface area contributed by atoms with Gasteiger partial charge in [0.05, 0.1) is 6.10 Å². The highest BCUT2D eigenvalue weighted by Crippen LogP contribution is 1.93. The lowest BCUT2D eigenvalue weighted by atomic mass is 10.2. The average molecular weight is 133 g/mol. The predicted octanol–water partition coefficient (Wildman–Crippen LogP) is -0.829. The van der Waals surface area contributed by atoms with E-state index in [1.807, 2.05) is 0 Å². The smallest absolute Gasteiger partial charge is 0.303 e. The summed E-state index contributed by atoms with van der Waals surface area (Å²) < 4.78 is 0. The molecule has 1 atom stereocenters. The van der Waals surface area contributed by atoms with Gasteiger partial charge in [0.1, 0.15) is 0 Å². The van der Waals surface area contributed by atoms with Crippen LogP contribution in [-0.4, -0.2) is 28.8 Å². The molecular formula is C5H11NO3. The van der Waals surface area contributed by atoms with Crippen LogP contribution in [0.2, 0.25) is 0 Å². The number of rotatable bonds is 4. The first-order valence-corrected chi connectivity index (χ1v) is 2.76. The van der Waals surface area contributed by atoms with E-state index in [1.54, 1.807) is 0 Å². The molecule has 0 aliphatic carbocycles. The lowest BCUT2D eigenvalue weighted by Crippen LogP contribution is -2.20. The summed E-state index contributed by atoms with van der Waals surface area (Å²) in [7, 11) is 0. The van der Waals surface area contributed by atoms with Gasteiger partial charge in [0.2, 0.25) is 0 Å². The highest BCUT2D eigenvalue weighted by molar-refractivity contribution is 5.66. The number of hydrogen-bond acceptors (Lipinski definition) is 3. The third-order valence-corrected chi connectivity index (χ3v) is 0.964. The summed E-state index contributed by atoms with van der Waals surface area (Å²) in [6.45, 7) is 0.132. The first kappa shape index (κ1) is 8.39. The zero-order chi connectivity index (χ0) is 7.28. The van der Waals surface area contributed by atoms with Crippen LogP contribution in [0.4, 0.5) is 0 Å². The van der Waals surface area contributed by atoms with Gasteiger partial charge in [-0.05, 0) is 6.42 Å². The topological polar surface area (TPSA) is 83.5 Å². The van der Waals surface area contributed by atoms with E-state index in [9.17, 15) is 4.79 Å². The van der Waals surface area contributed by atoms with Crippen LogP contribution in [0.15, 0.2) is 0 Å². The summed E-state index contributed by atoms with van der Waals surface area (Å²) >= 11 is 0. The van der Waals surface area contributed by atoms with Gasteiger partial charge in [-0.1, -0.05) is 0 Å². The van der Waals surface area contributed by atoms with Gasteiger partial charge in [0.15, 0.2) is 0 Å². The van der Waals surface area contributed by atoms with Crippen molar-refractivity contribution in [3.05, 3.63) is 0 Å². The Morgan fingerprint density at radius 1 is 1.67 bits per heavy atom. The van der Waals surface area contributed by atoms with Crippen LogP contribution in [0.5, 0.6) is 0 Å². The molecule has 0 aromatic heterocycles. The number of carbonyl (C=O) groups is 1. The summed E-state index contributed by atoms with van der Waals surface area (Å²) in [5.41, 5.74) is 5.02. The second-order valence-corrected chi connectivity index (χ2v) is 1.82. The number of aliphatic hydroxyl groups is 1. The minimum absolute atomic E-state index is 0.0155. The molecule has 4 N–H and O–H groups in total. The third kappa shape index (κ3) is 5.26. The molecule has 0 bridgehead atoms. The number of aliphatic carboxylic acids is 1. The van der Waals surface area contributed by atoms with E-state index in [2.05, 4.69) is 0 Å². The van der Waals surface area contributed by atoms with Crippen molar-refractivity contribution in [1.29, 1.82) is 0 Å². The first-order valence-electron chi connectivity index (χ1n) is 2.76. The van der Waals surface area contributed by atoms with Crippen molar-refractivity contribution in [2.75, 3.05) is 6.54 Å². The SMILES string of the molecule is NCC(O)CCC(=O)O. The molecule has 0 aliphatic rings. The number of carboxylic acid groups (broad SMARTS) is 1. The zero-order valence-corrected chi connectivity index (χ0v) is 5.08. The first-order chi connectivity index (χ1) is 4.16. The Balaban J connectivity index is 3.16. The van der Waals surface area contributed by atoms with Crippen LogP contribution in [0, 0.1) is 0 Å². The van der Waals surface area contributed by atoms with Crippen molar-refractivity contribution in [1.82, 2.24) is 0 Å². The van der Waals surface area contributed by atoms with E-state index in [-0.39, 0.29) is 19.4 Å². The molecule has 54 valence electrons. The Kier molecular flexibility index (Phi) is 4.00. The van der Waals surface area contributed by atoms with Crippen molar-refractivity contribution in [3.63, 3.8) is 0 Å². The maximum atomic E-state index is 9.87. The van der Waals surface area contributed by atoms with Gasteiger partial charge >= 0.3 is 5.97 Å². The fourth-order valence-corrected chi connectivity index (χ4v) is 0.408. The fourth-order valence-electron chi connectivity index (χ4n) is 0.408. The molecule has 1 unspecified atom stereocenters. The molecule has 0 aromatic carbocycles. The molecule has 9 heavy (non-hydrogen) atoms. The van der Waals surface area contributed by atoms with Gasteiger partial charge in [-0.3, -0.25) is 4.79 Å². The van der Waals surface area contributed by atoms with Crippen molar-refractivity contribution < 1.29 is 15.0 Å². The minimum Gasteiger partial charge on any atom is -0.481 e. The summed E-state index contributed by atoms with van der Waals surface area (Å²) in [4.78, 5) is 9.87. The molecule has 0 rings (SSSR count). The molecule has 4 heteroatoms. The molecule has 0 amide bonds. The summed E-state index contributed by atoms with van der Waals surface area (Å²) in [5, 5.41) is 16.8. The Labute approximate surface area is 53.3 Å². The molecular weight excluding hydrogens is 122 g/mol. The number of aliphatic hydroxyl groups excluding tert-OH is 1. The van der Waals surface area contributed by atoms with Gasteiger partial charge in [-0.25, -0.2) is 0 Å². The summed E-state index contributed by atoms with van der Waals surface area (Å²) in [5.74, 6) is -0.900. The second-order valence-electron chi connectivity index (χ2n) is 1.82. The van der Waals surface area contributed by atoms with Crippen LogP contribution in [0.1, 0.15) is 12.8 Å². The quantitative estimate of drug-likeness (QED) is 0.467. The van der Waals surface area contributed by atoms with Crippen molar-refractivity contribution in [2.24, 2.45) is 5.73 Å². The molecule has 0 fully saturated rings. The molecule has 0 spiro atoms. The van der Waals surface area contributed by atoms with Gasteiger partial charge in [0, 0.05) is 13.0 Å². The van der Waals surface area contributed by atoms with Gasteiger partial charge in [0.25, 0.3) is 0 Å². The number of hydrogen-bond donors (Lipinski definition) is 3. The normalized spacial score (nSPS) is 13.1. The molecule has 0 aliphatic heterocycles. The van der Waals surface area contributed by atoms with Gasteiger partial charge in [-0.15, -0.1) is 0 Å². The Hall–Kier alpha value is -0.610. The van der Waals surface area contributed by atoms with E-state index >= 15 is 0 Å². The zero-order valence-electron chi connectivity index (χ0n) is 5.08. The highest BCUT2D eigenvalue weighted by atomic mass is 16.4. The Morgan fingerprint density at radius 2 is 2.22 bits per heavy atom. The molecule has 0 saturated heterocycles. The lowest BCUT2D eigenvalue weighted by molar-refractivity contribution is -0.137.